The maximum absolute atomic E-state index is 5.85. The molecule has 1 aliphatic carbocycles. The lowest BCUT2D eigenvalue weighted by atomic mass is 10.1. The maximum atomic E-state index is 5.85. The van der Waals surface area contributed by atoms with Crippen LogP contribution in [-0.2, 0) is 4.74 Å². The fourth-order valence-corrected chi connectivity index (χ4v) is 3.07. The molecular weight excluding hydrogens is 212 g/mol. The number of ether oxygens (including phenoxy) is 1. The van der Waals surface area contributed by atoms with Crippen LogP contribution in [0.5, 0.6) is 0 Å². The zero-order valence-corrected chi connectivity index (χ0v) is 11.6. The van der Waals surface area contributed by atoms with Gasteiger partial charge < -0.3 is 10.1 Å². The van der Waals surface area contributed by atoms with Gasteiger partial charge in [-0.2, -0.15) is 0 Å². The summed E-state index contributed by atoms with van der Waals surface area (Å²) in [4.78, 5) is 2.52. The lowest BCUT2D eigenvalue weighted by Crippen LogP contribution is -2.50. The van der Waals surface area contributed by atoms with Crippen LogP contribution in [-0.4, -0.2) is 49.3 Å². The van der Waals surface area contributed by atoms with Gasteiger partial charge in [0.1, 0.15) is 0 Å². The van der Waals surface area contributed by atoms with E-state index in [0.717, 1.165) is 38.2 Å². The predicted octanol–water partition coefficient (Wildman–Crippen LogP) is 1.87. The Kier molecular flexibility index (Phi) is 4.83. The minimum absolute atomic E-state index is 0.388. The average Bonchev–Trinajstić information content (AvgIpc) is 2.72. The molecule has 0 aromatic heterocycles. The van der Waals surface area contributed by atoms with Gasteiger partial charge in [-0.25, -0.2) is 0 Å². The molecule has 0 spiro atoms. The summed E-state index contributed by atoms with van der Waals surface area (Å²) in [5.74, 6) is 0.847. The van der Waals surface area contributed by atoms with Crippen LogP contribution >= 0.6 is 0 Å². The number of hydrogen-bond donors (Lipinski definition) is 1. The van der Waals surface area contributed by atoms with E-state index in [1.807, 2.05) is 0 Å². The van der Waals surface area contributed by atoms with Crippen molar-refractivity contribution in [2.75, 3.05) is 26.2 Å². The Morgan fingerprint density at radius 1 is 1.35 bits per heavy atom. The summed E-state index contributed by atoms with van der Waals surface area (Å²) in [6.45, 7) is 11.0. The largest absolute Gasteiger partial charge is 0.374 e. The number of nitrogens with one attached hydrogen (secondary N) is 1. The second-order valence-corrected chi connectivity index (χ2v) is 6.00. The SMILES string of the molecule is CC1CCCC1NCC1CN(C(C)C)CCO1. The first-order valence-corrected chi connectivity index (χ1v) is 7.26. The molecular formula is C14H28N2O. The molecule has 1 saturated carbocycles. The summed E-state index contributed by atoms with van der Waals surface area (Å²) in [5, 5.41) is 3.71. The van der Waals surface area contributed by atoms with Crippen LogP contribution < -0.4 is 5.32 Å². The predicted molar refractivity (Wildman–Crippen MR) is 71.3 cm³/mol. The van der Waals surface area contributed by atoms with E-state index in [4.69, 9.17) is 4.74 Å². The van der Waals surface area contributed by atoms with Crippen molar-refractivity contribution in [3.8, 4) is 0 Å². The second-order valence-electron chi connectivity index (χ2n) is 6.00. The molecule has 1 saturated heterocycles. The van der Waals surface area contributed by atoms with Crippen LogP contribution in [0.15, 0.2) is 0 Å². The molecule has 2 rings (SSSR count). The first-order valence-electron chi connectivity index (χ1n) is 7.26. The van der Waals surface area contributed by atoms with Gasteiger partial charge in [-0.05, 0) is 32.6 Å². The van der Waals surface area contributed by atoms with Crippen molar-refractivity contribution in [2.45, 2.75) is 58.2 Å². The molecule has 100 valence electrons. The van der Waals surface area contributed by atoms with Crippen LogP contribution in [0, 0.1) is 5.92 Å². The highest BCUT2D eigenvalue weighted by atomic mass is 16.5. The highest BCUT2D eigenvalue weighted by Crippen LogP contribution is 2.24. The van der Waals surface area contributed by atoms with E-state index in [2.05, 4.69) is 31.0 Å². The summed E-state index contributed by atoms with van der Waals surface area (Å²) in [6, 6.07) is 1.37. The number of morpholine rings is 1. The minimum Gasteiger partial charge on any atom is -0.374 e. The molecule has 0 radical (unpaired) electrons. The van der Waals surface area contributed by atoms with Crippen LogP contribution in [0.25, 0.3) is 0 Å². The Bertz CT molecular complexity index is 232. The van der Waals surface area contributed by atoms with Gasteiger partial charge >= 0.3 is 0 Å². The van der Waals surface area contributed by atoms with Gasteiger partial charge in [0.25, 0.3) is 0 Å². The standard InChI is InChI=1S/C14H28N2O/c1-11(2)16-7-8-17-13(10-16)9-15-14-6-4-5-12(14)3/h11-15H,4-10H2,1-3H3. The van der Waals surface area contributed by atoms with E-state index in [1.165, 1.54) is 19.3 Å². The van der Waals surface area contributed by atoms with Crippen molar-refractivity contribution in [3.05, 3.63) is 0 Å². The normalized spacial score (nSPS) is 35.6. The number of nitrogens with zero attached hydrogens (tertiary/aromatic N) is 1. The molecule has 0 amide bonds. The van der Waals surface area contributed by atoms with Crippen molar-refractivity contribution < 1.29 is 4.74 Å². The molecule has 0 aromatic rings. The average molecular weight is 240 g/mol. The van der Waals surface area contributed by atoms with Gasteiger partial charge in [-0.15, -0.1) is 0 Å². The zero-order chi connectivity index (χ0) is 12.3. The van der Waals surface area contributed by atoms with E-state index in [0.29, 0.717) is 12.1 Å². The minimum atomic E-state index is 0.388. The van der Waals surface area contributed by atoms with Crippen LogP contribution in [0.4, 0.5) is 0 Å². The maximum Gasteiger partial charge on any atom is 0.0826 e. The Balaban J connectivity index is 1.71. The lowest BCUT2D eigenvalue weighted by Gasteiger charge is -2.36. The molecule has 3 heteroatoms. The van der Waals surface area contributed by atoms with Crippen molar-refractivity contribution in [1.82, 2.24) is 10.2 Å². The van der Waals surface area contributed by atoms with Gasteiger partial charge in [0.05, 0.1) is 12.7 Å². The van der Waals surface area contributed by atoms with Crippen LogP contribution in [0.1, 0.15) is 40.0 Å². The van der Waals surface area contributed by atoms with Gasteiger partial charge in [-0.3, -0.25) is 4.90 Å². The van der Waals surface area contributed by atoms with Crippen molar-refractivity contribution in [1.29, 1.82) is 0 Å². The molecule has 0 bridgehead atoms. The van der Waals surface area contributed by atoms with E-state index in [1.54, 1.807) is 0 Å². The molecule has 0 aromatic carbocycles. The first kappa shape index (κ1) is 13.3. The third kappa shape index (κ3) is 3.67. The van der Waals surface area contributed by atoms with Gasteiger partial charge in [0.2, 0.25) is 0 Å². The third-order valence-electron chi connectivity index (χ3n) is 4.37. The molecule has 3 unspecified atom stereocenters. The quantitative estimate of drug-likeness (QED) is 0.812. The second kappa shape index (κ2) is 6.17. The molecule has 17 heavy (non-hydrogen) atoms. The van der Waals surface area contributed by atoms with E-state index in [9.17, 15) is 0 Å². The van der Waals surface area contributed by atoms with Crippen molar-refractivity contribution in [3.63, 3.8) is 0 Å². The summed E-state index contributed by atoms with van der Waals surface area (Å²) in [5.41, 5.74) is 0. The molecule has 3 atom stereocenters. The summed E-state index contributed by atoms with van der Waals surface area (Å²) < 4.78 is 5.85. The molecule has 2 fully saturated rings. The Labute approximate surface area is 106 Å². The fourth-order valence-electron chi connectivity index (χ4n) is 3.07. The number of hydrogen-bond acceptors (Lipinski definition) is 3. The monoisotopic (exact) mass is 240 g/mol. The Hall–Kier alpha value is -0.120. The van der Waals surface area contributed by atoms with E-state index in [-0.39, 0.29) is 0 Å². The summed E-state index contributed by atoms with van der Waals surface area (Å²) >= 11 is 0. The smallest absolute Gasteiger partial charge is 0.0826 e. The van der Waals surface area contributed by atoms with Crippen LogP contribution in [0.3, 0.4) is 0 Å². The fraction of sp³-hybridized carbons (Fsp3) is 1.00. The van der Waals surface area contributed by atoms with Gasteiger partial charge in [0, 0.05) is 31.7 Å². The molecule has 1 heterocycles. The van der Waals surface area contributed by atoms with E-state index >= 15 is 0 Å². The first-order chi connectivity index (χ1) is 8.16. The van der Waals surface area contributed by atoms with Crippen molar-refractivity contribution in [2.24, 2.45) is 5.92 Å². The highest BCUT2D eigenvalue weighted by Gasteiger charge is 2.26. The van der Waals surface area contributed by atoms with Gasteiger partial charge in [-0.1, -0.05) is 13.3 Å². The molecule has 3 nitrogen and oxygen atoms in total. The van der Waals surface area contributed by atoms with E-state index < -0.39 is 0 Å². The molecule has 2 aliphatic rings. The van der Waals surface area contributed by atoms with Crippen LogP contribution in [0.2, 0.25) is 0 Å². The summed E-state index contributed by atoms with van der Waals surface area (Å²) in [6.07, 6.45) is 4.52. The molecule has 1 aliphatic heterocycles. The summed E-state index contributed by atoms with van der Waals surface area (Å²) in [7, 11) is 0. The molecule has 1 N–H and O–H groups in total. The Morgan fingerprint density at radius 2 is 2.18 bits per heavy atom. The highest BCUT2D eigenvalue weighted by molar-refractivity contribution is 4.83. The Morgan fingerprint density at radius 3 is 2.82 bits per heavy atom. The number of rotatable bonds is 4. The van der Waals surface area contributed by atoms with Crippen molar-refractivity contribution >= 4 is 0 Å². The van der Waals surface area contributed by atoms with Gasteiger partial charge in [0.15, 0.2) is 0 Å². The topological polar surface area (TPSA) is 24.5 Å². The third-order valence-corrected chi connectivity index (χ3v) is 4.37. The zero-order valence-electron chi connectivity index (χ0n) is 11.6. The lowest BCUT2D eigenvalue weighted by molar-refractivity contribution is -0.0384.